The number of ether oxygens (including phenoxy) is 1. The highest BCUT2D eigenvalue weighted by molar-refractivity contribution is 7.13. The lowest BCUT2D eigenvalue weighted by Crippen LogP contribution is -2.25. The second-order valence-corrected chi connectivity index (χ2v) is 4.59. The van der Waals surface area contributed by atoms with Crippen molar-refractivity contribution in [1.29, 1.82) is 0 Å². The number of hydrazine groups is 1. The summed E-state index contributed by atoms with van der Waals surface area (Å²) in [4.78, 5) is 15.5. The molecule has 0 saturated heterocycles. The van der Waals surface area contributed by atoms with Gasteiger partial charge in [0.05, 0.1) is 5.69 Å². The molecule has 0 bridgehead atoms. The van der Waals surface area contributed by atoms with Crippen LogP contribution >= 0.6 is 11.3 Å². The van der Waals surface area contributed by atoms with Crippen LogP contribution in [-0.4, -0.2) is 17.5 Å². The summed E-state index contributed by atoms with van der Waals surface area (Å²) in [6, 6.07) is 5.56. The van der Waals surface area contributed by atoms with Crippen LogP contribution in [0.4, 0.5) is 11.5 Å². The van der Waals surface area contributed by atoms with E-state index in [0.29, 0.717) is 17.3 Å². The van der Waals surface area contributed by atoms with Gasteiger partial charge in [-0.1, -0.05) is 0 Å². The Bertz CT molecular complexity index is 611. The van der Waals surface area contributed by atoms with Crippen LogP contribution < -0.4 is 21.3 Å². The van der Waals surface area contributed by atoms with Crippen molar-refractivity contribution in [2.45, 2.75) is 0 Å². The molecule has 2 aromatic rings. The smallest absolute Gasteiger partial charge is 0.262 e. The fourth-order valence-electron chi connectivity index (χ4n) is 1.69. The molecule has 6 nitrogen and oxygen atoms in total. The Balaban J connectivity index is 1.98. The molecule has 1 aromatic carbocycles. The number of benzene rings is 1. The normalized spacial score (nSPS) is 13.5. The summed E-state index contributed by atoms with van der Waals surface area (Å²) in [6.07, 6.45) is 0. The summed E-state index contributed by atoms with van der Waals surface area (Å²) in [7, 11) is 0. The third-order valence-electron chi connectivity index (χ3n) is 2.51. The molecule has 4 N–H and O–H groups in total. The van der Waals surface area contributed by atoms with Crippen molar-refractivity contribution < 1.29 is 9.53 Å². The maximum atomic E-state index is 11.2. The van der Waals surface area contributed by atoms with Gasteiger partial charge in [0, 0.05) is 10.9 Å². The second-order valence-electron chi connectivity index (χ2n) is 3.73. The van der Waals surface area contributed by atoms with E-state index in [2.05, 4.69) is 15.7 Å². The largest absolute Gasteiger partial charge is 0.482 e. The average Bonchev–Trinajstić information content (AvgIpc) is 2.86. The van der Waals surface area contributed by atoms with Crippen LogP contribution in [0, 0.1) is 0 Å². The highest BCUT2D eigenvalue weighted by Gasteiger charge is 2.17. The number of anilines is 2. The molecule has 0 unspecified atom stereocenters. The molecule has 1 amide bonds. The molecule has 1 aliphatic rings. The predicted octanol–water partition coefficient (Wildman–Crippen LogP) is 1.43. The van der Waals surface area contributed by atoms with E-state index in [1.165, 1.54) is 11.3 Å². The van der Waals surface area contributed by atoms with E-state index in [1.54, 1.807) is 0 Å². The molecule has 1 aliphatic heterocycles. The molecular weight excluding hydrogens is 252 g/mol. The molecule has 1 aromatic heterocycles. The molecule has 0 aliphatic carbocycles. The quantitative estimate of drug-likeness (QED) is 0.562. The Morgan fingerprint density at radius 2 is 2.39 bits per heavy atom. The monoisotopic (exact) mass is 262 g/mol. The van der Waals surface area contributed by atoms with Gasteiger partial charge in [0.1, 0.15) is 10.8 Å². The lowest BCUT2D eigenvalue weighted by atomic mass is 10.2. The van der Waals surface area contributed by atoms with E-state index >= 15 is 0 Å². The minimum Gasteiger partial charge on any atom is -0.482 e. The van der Waals surface area contributed by atoms with Crippen LogP contribution in [0.5, 0.6) is 5.75 Å². The zero-order valence-corrected chi connectivity index (χ0v) is 10.1. The van der Waals surface area contributed by atoms with Crippen LogP contribution in [0.2, 0.25) is 0 Å². The summed E-state index contributed by atoms with van der Waals surface area (Å²) in [5.74, 6) is 6.43. The van der Waals surface area contributed by atoms with Crippen LogP contribution in [0.15, 0.2) is 23.6 Å². The van der Waals surface area contributed by atoms with Gasteiger partial charge in [0.25, 0.3) is 5.91 Å². The average molecular weight is 262 g/mol. The Morgan fingerprint density at radius 3 is 3.17 bits per heavy atom. The summed E-state index contributed by atoms with van der Waals surface area (Å²) < 4.78 is 5.29. The molecule has 7 heteroatoms. The number of thiazole rings is 1. The van der Waals surface area contributed by atoms with Gasteiger partial charge in [-0.25, -0.2) is 10.8 Å². The lowest BCUT2D eigenvalue weighted by Gasteiger charge is -2.18. The van der Waals surface area contributed by atoms with E-state index in [-0.39, 0.29) is 12.5 Å². The minimum absolute atomic E-state index is 0.0604. The summed E-state index contributed by atoms with van der Waals surface area (Å²) in [5.41, 5.74) is 4.07. The first kappa shape index (κ1) is 11.0. The number of carbonyl (C=O) groups is 1. The predicted molar refractivity (Wildman–Crippen MR) is 69.5 cm³/mol. The number of nitrogen functional groups attached to an aromatic ring is 1. The number of amides is 1. The fourth-order valence-corrected chi connectivity index (χ4v) is 2.45. The van der Waals surface area contributed by atoms with Gasteiger partial charge in [0.2, 0.25) is 0 Å². The number of nitrogens with one attached hydrogen (secondary N) is 2. The van der Waals surface area contributed by atoms with Crippen LogP contribution in [-0.2, 0) is 4.79 Å². The molecule has 0 saturated carbocycles. The fraction of sp³-hybridized carbons (Fsp3) is 0.0909. The van der Waals surface area contributed by atoms with Crippen LogP contribution in [0.3, 0.4) is 0 Å². The van der Waals surface area contributed by atoms with Gasteiger partial charge >= 0.3 is 0 Å². The molecule has 3 rings (SSSR count). The number of fused-ring (bicyclic) bond motifs is 1. The molecule has 0 fully saturated rings. The van der Waals surface area contributed by atoms with E-state index in [1.807, 2.05) is 23.6 Å². The summed E-state index contributed by atoms with van der Waals surface area (Å²) >= 11 is 1.47. The molecule has 0 radical (unpaired) electrons. The highest BCUT2D eigenvalue weighted by Crippen LogP contribution is 2.34. The summed E-state index contributed by atoms with van der Waals surface area (Å²) in [5, 5.41) is 5.41. The third kappa shape index (κ3) is 1.89. The van der Waals surface area contributed by atoms with Crippen molar-refractivity contribution in [3.05, 3.63) is 23.6 Å². The van der Waals surface area contributed by atoms with Crippen molar-refractivity contribution in [3.63, 3.8) is 0 Å². The van der Waals surface area contributed by atoms with E-state index < -0.39 is 0 Å². The van der Waals surface area contributed by atoms with Gasteiger partial charge in [0.15, 0.2) is 12.4 Å². The Hall–Kier alpha value is -2.12. The first-order chi connectivity index (χ1) is 8.76. The molecule has 18 heavy (non-hydrogen) atoms. The van der Waals surface area contributed by atoms with Gasteiger partial charge in [-0.05, 0) is 18.2 Å². The zero-order chi connectivity index (χ0) is 12.5. The molecule has 2 heterocycles. The molecular formula is C11H10N4O2S. The summed E-state index contributed by atoms with van der Waals surface area (Å²) in [6.45, 7) is 0.0604. The third-order valence-corrected chi connectivity index (χ3v) is 3.40. The molecule has 0 atom stereocenters. The minimum atomic E-state index is -0.150. The van der Waals surface area contributed by atoms with Crippen molar-refractivity contribution in [2.75, 3.05) is 17.3 Å². The number of rotatable bonds is 2. The van der Waals surface area contributed by atoms with Gasteiger partial charge in [-0.2, -0.15) is 0 Å². The van der Waals surface area contributed by atoms with Crippen molar-refractivity contribution in [1.82, 2.24) is 4.98 Å². The zero-order valence-electron chi connectivity index (χ0n) is 9.27. The van der Waals surface area contributed by atoms with Gasteiger partial charge in [-0.3, -0.25) is 4.79 Å². The van der Waals surface area contributed by atoms with E-state index in [9.17, 15) is 4.79 Å². The van der Waals surface area contributed by atoms with E-state index in [4.69, 9.17) is 10.6 Å². The number of hydrogen-bond donors (Lipinski definition) is 3. The maximum absolute atomic E-state index is 11.2. The maximum Gasteiger partial charge on any atom is 0.262 e. The number of nitrogens with zero attached hydrogens (tertiary/aromatic N) is 1. The lowest BCUT2D eigenvalue weighted by molar-refractivity contribution is -0.118. The topological polar surface area (TPSA) is 89.3 Å². The SMILES string of the molecule is NNc1csc(-c2ccc3c(c2)NC(=O)CO3)n1. The number of carbonyl (C=O) groups excluding carboxylic acids is 1. The number of hydrogen-bond acceptors (Lipinski definition) is 6. The standard InChI is InChI=1S/C11H10N4O2S/c12-15-9-5-18-11(14-9)6-1-2-8-7(3-6)13-10(16)4-17-8/h1-3,5,15H,4,12H2,(H,13,16). The van der Waals surface area contributed by atoms with Crippen molar-refractivity contribution in [3.8, 4) is 16.3 Å². The second kappa shape index (κ2) is 4.28. The molecule has 0 spiro atoms. The Morgan fingerprint density at radius 1 is 1.50 bits per heavy atom. The van der Waals surface area contributed by atoms with Crippen LogP contribution in [0.25, 0.3) is 10.6 Å². The first-order valence-electron chi connectivity index (χ1n) is 5.25. The Kier molecular flexibility index (Phi) is 2.62. The first-order valence-corrected chi connectivity index (χ1v) is 6.13. The van der Waals surface area contributed by atoms with Crippen molar-refractivity contribution >= 4 is 28.7 Å². The van der Waals surface area contributed by atoms with Crippen molar-refractivity contribution in [2.24, 2.45) is 5.84 Å². The molecule has 92 valence electrons. The highest BCUT2D eigenvalue weighted by atomic mass is 32.1. The van der Waals surface area contributed by atoms with Gasteiger partial charge in [-0.15, -0.1) is 11.3 Å². The Labute approximate surface area is 107 Å². The van der Waals surface area contributed by atoms with Crippen LogP contribution in [0.1, 0.15) is 0 Å². The number of aromatic nitrogens is 1. The van der Waals surface area contributed by atoms with Gasteiger partial charge < -0.3 is 15.5 Å². The number of nitrogens with two attached hydrogens (primary N) is 1. The van der Waals surface area contributed by atoms with E-state index in [0.717, 1.165) is 10.6 Å².